The van der Waals surface area contributed by atoms with E-state index in [0.717, 1.165) is 55.0 Å². The molecule has 0 spiro atoms. The summed E-state index contributed by atoms with van der Waals surface area (Å²) in [5, 5.41) is 11.8. The summed E-state index contributed by atoms with van der Waals surface area (Å²) in [6, 6.07) is 70.2. The van der Waals surface area contributed by atoms with Crippen LogP contribution in [-0.2, 0) is 0 Å². The van der Waals surface area contributed by atoms with E-state index in [9.17, 15) is 0 Å². The van der Waals surface area contributed by atoms with E-state index in [4.69, 9.17) is 8.83 Å². The summed E-state index contributed by atoms with van der Waals surface area (Å²) in [6.45, 7) is 0. The highest BCUT2D eigenvalue weighted by molar-refractivity contribution is 6.24. The van der Waals surface area contributed by atoms with Gasteiger partial charge in [-0.2, -0.15) is 0 Å². The highest BCUT2D eigenvalue weighted by atomic mass is 16.3. The maximum atomic E-state index is 6.27. The monoisotopic (exact) mass is 712 g/mol. The molecule has 0 amide bonds. The largest absolute Gasteiger partial charge is 0.456 e. The van der Waals surface area contributed by atoms with Crippen LogP contribution in [0.5, 0.6) is 0 Å². The van der Waals surface area contributed by atoms with Gasteiger partial charge in [-0.1, -0.05) is 152 Å². The number of furan rings is 2. The van der Waals surface area contributed by atoms with Crippen LogP contribution in [0.2, 0.25) is 0 Å². The Morgan fingerprint density at radius 2 is 0.732 bits per heavy atom. The number of para-hydroxylation sites is 2. The average molecular weight is 713 g/mol. The number of hydrogen-bond donors (Lipinski definition) is 0. The van der Waals surface area contributed by atoms with Crippen LogP contribution >= 0.6 is 0 Å². The first-order chi connectivity index (χ1) is 27.8. The van der Waals surface area contributed by atoms with E-state index < -0.39 is 0 Å². The van der Waals surface area contributed by atoms with Crippen molar-refractivity contribution < 1.29 is 8.83 Å². The number of benzene rings is 10. The van der Waals surface area contributed by atoms with Gasteiger partial charge in [0.25, 0.3) is 0 Å². The molecule has 56 heavy (non-hydrogen) atoms. The summed E-state index contributed by atoms with van der Waals surface area (Å²) < 4.78 is 12.5. The van der Waals surface area contributed by atoms with Crippen molar-refractivity contribution in [3.05, 3.63) is 194 Å². The van der Waals surface area contributed by atoms with Crippen molar-refractivity contribution in [2.45, 2.75) is 0 Å². The summed E-state index contributed by atoms with van der Waals surface area (Å²) in [4.78, 5) is 0. The van der Waals surface area contributed by atoms with Crippen molar-refractivity contribution in [3.8, 4) is 44.5 Å². The number of hydrogen-bond acceptors (Lipinski definition) is 2. The Bertz CT molecular complexity index is 3360. The highest BCUT2D eigenvalue weighted by Gasteiger charge is 2.21. The van der Waals surface area contributed by atoms with Crippen LogP contribution in [0.1, 0.15) is 0 Å². The third kappa shape index (κ3) is 4.63. The predicted octanol–water partition coefficient (Wildman–Crippen LogP) is 15.6. The Balaban J connectivity index is 1.22. The van der Waals surface area contributed by atoms with E-state index in [1.807, 2.05) is 24.3 Å². The van der Waals surface area contributed by atoms with E-state index in [-0.39, 0.29) is 0 Å². The molecule has 0 unspecified atom stereocenters. The molecule has 0 atom stereocenters. The maximum Gasteiger partial charge on any atom is 0.135 e. The molecular weight excluding hydrogens is 681 g/mol. The number of rotatable bonds is 4. The molecule has 0 aliphatic carbocycles. The van der Waals surface area contributed by atoms with Gasteiger partial charge in [-0.3, -0.25) is 0 Å². The fourth-order valence-corrected chi connectivity index (χ4v) is 9.13. The minimum absolute atomic E-state index is 0.897. The van der Waals surface area contributed by atoms with Crippen molar-refractivity contribution in [3.63, 3.8) is 0 Å². The topological polar surface area (TPSA) is 26.3 Å². The van der Waals surface area contributed by atoms with Crippen molar-refractivity contribution in [1.29, 1.82) is 0 Å². The molecule has 0 aliphatic rings. The summed E-state index contributed by atoms with van der Waals surface area (Å²) >= 11 is 0. The molecule has 2 heterocycles. The molecule has 0 saturated heterocycles. The van der Waals surface area contributed by atoms with Crippen LogP contribution in [0.25, 0.3) is 121 Å². The first-order valence-corrected chi connectivity index (χ1v) is 19.2. The van der Waals surface area contributed by atoms with Gasteiger partial charge in [-0.05, 0) is 119 Å². The van der Waals surface area contributed by atoms with E-state index in [0.29, 0.717) is 0 Å². The molecule has 0 saturated carbocycles. The van der Waals surface area contributed by atoms with Crippen molar-refractivity contribution in [1.82, 2.24) is 0 Å². The summed E-state index contributed by atoms with van der Waals surface area (Å²) in [5.41, 5.74) is 13.2. The van der Waals surface area contributed by atoms with Crippen molar-refractivity contribution in [2.24, 2.45) is 0 Å². The molecule has 2 aromatic heterocycles. The smallest absolute Gasteiger partial charge is 0.135 e. The summed E-state index contributed by atoms with van der Waals surface area (Å²) in [5.74, 6) is 0. The Hall–Kier alpha value is -7.42. The predicted molar refractivity (Wildman–Crippen MR) is 235 cm³/mol. The second-order valence-corrected chi connectivity index (χ2v) is 14.7. The van der Waals surface area contributed by atoms with Gasteiger partial charge in [0.1, 0.15) is 22.3 Å². The first kappa shape index (κ1) is 31.0. The van der Waals surface area contributed by atoms with Crippen molar-refractivity contribution >= 4 is 76.2 Å². The fraction of sp³-hybridized carbons (Fsp3) is 0. The van der Waals surface area contributed by atoms with Gasteiger partial charge in [0, 0.05) is 21.5 Å². The zero-order chi connectivity index (χ0) is 36.7. The molecule has 10 aromatic carbocycles. The van der Waals surface area contributed by atoms with E-state index in [1.165, 1.54) is 65.7 Å². The summed E-state index contributed by atoms with van der Waals surface area (Å²) in [7, 11) is 0. The van der Waals surface area contributed by atoms with Gasteiger partial charge in [0.15, 0.2) is 0 Å². The van der Waals surface area contributed by atoms with Crippen LogP contribution in [0.4, 0.5) is 0 Å². The Morgan fingerprint density at radius 3 is 1.34 bits per heavy atom. The molecule has 2 heteroatoms. The SMILES string of the molecule is c1ccc(-c2ccc3ccccc3c2-c2c3cccc(-c4ccc5oc6ccccc6c5c4)c3cc3c(-c4ccc5oc6ccccc6c5c4)cccc23)cc1. The zero-order valence-corrected chi connectivity index (χ0v) is 30.3. The fourth-order valence-electron chi connectivity index (χ4n) is 9.13. The zero-order valence-electron chi connectivity index (χ0n) is 30.3. The molecule has 0 fully saturated rings. The lowest BCUT2D eigenvalue weighted by atomic mass is 9.82. The van der Waals surface area contributed by atoms with Crippen LogP contribution in [0.15, 0.2) is 203 Å². The lowest BCUT2D eigenvalue weighted by Crippen LogP contribution is -1.94. The van der Waals surface area contributed by atoms with E-state index in [2.05, 4.69) is 170 Å². The molecule has 12 aromatic rings. The van der Waals surface area contributed by atoms with Crippen LogP contribution in [0, 0.1) is 0 Å². The second-order valence-electron chi connectivity index (χ2n) is 14.7. The third-order valence-corrected chi connectivity index (χ3v) is 11.7. The van der Waals surface area contributed by atoms with Gasteiger partial charge in [0.2, 0.25) is 0 Å². The molecule has 12 rings (SSSR count). The standard InChI is InChI=1S/C54H32O2/c1-2-12-33(13-3-1)40-27-24-34-14-4-5-15-39(34)53(40)54-43-20-10-18-37(35-25-28-51-47(30-35)41-16-6-8-22-49(41)55-51)45(43)32-46-38(19-11-21-44(46)54)36-26-29-52-48(31-36)42-17-7-9-23-50(42)56-52/h1-32H. The minimum atomic E-state index is 0.897. The lowest BCUT2D eigenvalue weighted by molar-refractivity contribution is 0.668. The van der Waals surface area contributed by atoms with Crippen LogP contribution in [-0.4, -0.2) is 0 Å². The summed E-state index contributed by atoms with van der Waals surface area (Å²) in [6.07, 6.45) is 0. The van der Waals surface area contributed by atoms with Crippen molar-refractivity contribution in [2.75, 3.05) is 0 Å². The van der Waals surface area contributed by atoms with Gasteiger partial charge >= 0.3 is 0 Å². The molecule has 260 valence electrons. The normalized spacial score (nSPS) is 11.9. The van der Waals surface area contributed by atoms with Crippen LogP contribution < -0.4 is 0 Å². The molecule has 0 aliphatic heterocycles. The molecule has 2 nitrogen and oxygen atoms in total. The van der Waals surface area contributed by atoms with Gasteiger partial charge in [-0.15, -0.1) is 0 Å². The minimum Gasteiger partial charge on any atom is -0.456 e. The highest BCUT2D eigenvalue weighted by Crippen LogP contribution is 2.48. The molecule has 0 N–H and O–H groups in total. The Kier molecular flexibility index (Phi) is 6.66. The third-order valence-electron chi connectivity index (χ3n) is 11.7. The molecular formula is C54H32O2. The molecule has 0 radical (unpaired) electrons. The van der Waals surface area contributed by atoms with Gasteiger partial charge < -0.3 is 8.83 Å². The average Bonchev–Trinajstić information content (AvgIpc) is 3.83. The Morgan fingerprint density at radius 1 is 0.232 bits per heavy atom. The van der Waals surface area contributed by atoms with E-state index >= 15 is 0 Å². The number of fused-ring (bicyclic) bond motifs is 9. The second kappa shape index (κ2) is 12.0. The molecule has 0 bridgehead atoms. The Labute approximate surface area is 322 Å². The van der Waals surface area contributed by atoms with E-state index in [1.54, 1.807) is 0 Å². The maximum absolute atomic E-state index is 6.27. The quantitative estimate of drug-likeness (QED) is 0.170. The lowest BCUT2D eigenvalue weighted by Gasteiger charge is -2.21. The first-order valence-electron chi connectivity index (χ1n) is 19.2. The van der Waals surface area contributed by atoms with Gasteiger partial charge in [0.05, 0.1) is 0 Å². The van der Waals surface area contributed by atoms with Gasteiger partial charge in [-0.25, -0.2) is 0 Å². The van der Waals surface area contributed by atoms with Crippen LogP contribution in [0.3, 0.4) is 0 Å².